The highest BCUT2D eigenvalue weighted by atomic mass is 32.1. The second-order valence-corrected chi connectivity index (χ2v) is 6.92. The van der Waals surface area contributed by atoms with Crippen LogP contribution < -0.4 is 16.2 Å². The molecule has 0 unspecified atom stereocenters. The first-order valence-electron chi connectivity index (χ1n) is 8.60. The molecule has 4 rings (SSSR count). The average molecular weight is 392 g/mol. The minimum atomic E-state index is -0.279. The number of amides is 2. The third kappa shape index (κ3) is 3.60. The Morgan fingerprint density at radius 3 is 2.75 bits per heavy atom. The molecule has 0 spiro atoms. The van der Waals surface area contributed by atoms with E-state index in [1.807, 2.05) is 25.1 Å². The monoisotopic (exact) mass is 392 g/mol. The highest BCUT2D eigenvalue weighted by molar-refractivity contribution is 7.22. The van der Waals surface area contributed by atoms with Gasteiger partial charge in [-0.2, -0.15) is 0 Å². The maximum Gasteiger partial charge on any atom is 0.321 e. The molecule has 0 aliphatic carbocycles. The van der Waals surface area contributed by atoms with E-state index in [4.69, 9.17) is 0 Å². The van der Waals surface area contributed by atoms with Crippen molar-refractivity contribution >= 4 is 32.7 Å². The summed E-state index contributed by atoms with van der Waals surface area (Å²) in [6.07, 6.45) is 4.78. The molecule has 3 N–H and O–H groups in total. The lowest BCUT2D eigenvalue weighted by Crippen LogP contribution is -2.28. The van der Waals surface area contributed by atoms with Crippen LogP contribution in [-0.2, 0) is 0 Å². The molecule has 0 atom stereocenters. The minimum absolute atomic E-state index is 0.208. The highest BCUT2D eigenvalue weighted by Gasteiger charge is 2.10. The van der Waals surface area contributed by atoms with Gasteiger partial charge in [0, 0.05) is 18.3 Å². The van der Waals surface area contributed by atoms with Crippen LogP contribution in [-0.4, -0.2) is 32.5 Å². The number of carbonyl (C=O) groups is 1. The van der Waals surface area contributed by atoms with E-state index in [-0.39, 0.29) is 11.6 Å². The number of aromatic nitrogens is 4. The fourth-order valence-electron chi connectivity index (χ4n) is 2.68. The second-order valence-electron chi connectivity index (χ2n) is 5.89. The lowest BCUT2D eigenvalue weighted by molar-refractivity contribution is 0.252. The van der Waals surface area contributed by atoms with Gasteiger partial charge >= 0.3 is 6.03 Å². The molecular weight excluding hydrogens is 376 g/mol. The topological polar surface area (TPSA) is 113 Å². The van der Waals surface area contributed by atoms with Crippen molar-refractivity contribution in [1.29, 1.82) is 0 Å². The molecule has 0 radical (unpaired) electrons. The normalized spacial score (nSPS) is 10.8. The zero-order valence-electron chi connectivity index (χ0n) is 14.9. The fourth-order valence-corrected chi connectivity index (χ4v) is 3.52. The number of benzene rings is 1. The van der Waals surface area contributed by atoms with E-state index in [9.17, 15) is 9.59 Å². The molecule has 9 heteroatoms. The van der Waals surface area contributed by atoms with Crippen LogP contribution in [0.15, 0.2) is 53.7 Å². The van der Waals surface area contributed by atoms with Crippen molar-refractivity contribution in [3.63, 3.8) is 0 Å². The summed E-state index contributed by atoms with van der Waals surface area (Å²) in [7, 11) is 0. The number of thiazole rings is 1. The third-order valence-corrected chi connectivity index (χ3v) is 4.94. The Morgan fingerprint density at radius 1 is 1.18 bits per heavy atom. The molecule has 140 valence electrons. The van der Waals surface area contributed by atoms with Gasteiger partial charge in [0.1, 0.15) is 0 Å². The third-order valence-electron chi connectivity index (χ3n) is 3.99. The van der Waals surface area contributed by atoms with Gasteiger partial charge in [-0.05, 0) is 31.2 Å². The van der Waals surface area contributed by atoms with Gasteiger partial charge in [-0.1, -0.05) is 17.4 Å². The number of pyridine rings is 1. The molecule has 2 amide bonds. The maximum absolute atomic E-state index is 11.9. The van der Waals surface area contributed by atoms with Gasteiger partial charge in [0.05, 0.1) is 39.6 Å². The van der Waals surface area contributed by atoms with E-state index < -0.39 is 0 Å². The number of nitrogens with one attached hydrogen (secondary N) is 3. The van der Waals surface area contributed by atoms with Crippen LogP contribution in [0.4, 0.5) is 9.93 Å². The number of hydrogen-bond acceptors (Lipinski definition) is 6. The van der Waals surface area contributed by atoms with Gasteiger partial charge in [0.25, 0.3) is 5.56 Å². The quantitative estimate of drug-likeness (QED) is 0.493. The number of fused-ring (bicyclic) bond motifs is 1. The Balaban J connectivity index is 1.61. The molecule has 0 aliphatic heterocycles. The number of rotatable bonds is 4. The minimum Gasteiger partial charge on any atom is -0.338 e. The van der Waals surface area contributed by atoms with Crippen molar-refractivity contribution in [3.8, 4) is 22.5 Å². The van der Waals surface area contributed by atoms with Crippen LogP contribution in [0.2, 0.25) is 0 Å². The molecule has 28 heavy (non-hydrogen) atoms. The van der Waals surface area contributed by atoms with E-state index in [1.54, 1.807) is 30.7 Å². The first-order chi connectivity index (χ1) is 13.6. The van der Waals surface area contributed by atoms with E-state index in [1.165, 1.54) is 11.3 Å². The summed E-state index contributed by atoms with van der Waals surface area (Å²) in [6.45, 7) is 2.40. The van der Waals surface area contributed by atoms with Crippen LogP contribution in [0.1, 0.15) is 6.92 Å². The van der Waals surface area contributed by atoms with Crippen molar-refractivity contribution in [3.05, 3.63) is 59.3 Å². The Bertz CT molecular complexity index is 1200. The Morgan fingerprint density at radius 2 is 2.00 bits per heavy atom. The number of H-pyrrole nitrogens is 1. The molecule has 4 aromatic rings. The van der Waals surface area contributed by atoms with E-state index >= 15 is 0 Å². The molecule has 0 aliphatic rings. The summed E-state index contributed by atoms with van der Waals surface area (Å²) in [5.41, 5.74) is 3.05. The van der Waals surface area contributed by atoms with Crippen LogP contribution in [0.5, 0.6) is 0 Å². The Labute approximate surface area is 163 Å². The van der Waals surface area contributed by atoms with Crippen molar-refractivity contribution in [2.45, 2.75) is 6.92 Å². The summed E-state index contributed by atoms with van der Waals surface area (Å²) in [5, 5.41) is 5.92. The van der Waals surface area contributed by atoms with E-state index in [0.717, 1.165) is 15.8 Å². The maximum atomic E-state index is 11.9. The zero-order valence-corrected chi connectivity index (χ0v) is 15.7. The van der Waals surface area contributed by atoms with Gasteiger partial charge in [-0.15, -0.1) is 0 Å². The van der Waals surface area contributed by atoms with Gasteiger partial charge in [0.2, 0.25) is 0 Å². The predicted molar refractivity (Wildman–Crippen MR) is 109 cm³/mol. The molecule has 1 aromatic carbocycles. The summed E-state index contributed by atoms with van der Waals surface area (Å²) in [6, 6.07) is 8.92. The zero-order chi connectivity index (χ0) is 19.5. The van der Waals surface area contributed by atoms with Crippen molar-refractivity contribution in [1.82, 2.24) is 25.3 Å². The van der Waals surface area contributed by atoms with Gasteiger partial charge in [-0.25, -0.2) is 9.78 Å². The molecule has 0 saturated heterocycles. The summed E-state index contributed by atoms with van der Waals surface area (Å²) in [5.74, 6) is 0. The van der Waals surface area contributed by atoms with E-state index in [0.29, 0.717) is 28.6 Å². The fraction of sp³-hybridized carbons (Fsp3) is 0.105. The van der Waals surface area contributed by atoms with Crippen molar-refractivity contribution < 1.29 is 4.79 Å². The number of carbonyl (C=O) groups excluding carboxylic acids is 1. The lowest BCUT2D eigenvalue weighted by atomic mass is 10.1. The molecular formula is C19H16N6O2S. The van der Waals surface area contributed by atoms with Gasteiger partial charge in [0.15, 0.2) is 5.13 Å². The van der Waals surface area contributed by atoms with Crippen LogP contribution >= 0.6 is 11.3 Å². The molecule has 8 nitrogen and oxygen atoms in total. The molecule has 0 bridgehead atoms. The SMILES string of the molecule is CCNC(=O)Nc1nc2cc(-c3cnc(-c4ccc[nH]c4=O)cn3)ccc2s1. The molecule has 3 heterocycles. The smallest absolute Gasteiger partial charge is 0.321 e. The van der Waals surface area contributed by atoms with E-state index in [2.05, 4.69) is 30.6 Å². The average Bonchev–Trinajstić information content (AvgIpc) is 3.10. The number of aromatic amines is 1. The first kappa shape index (κ1) is 17.8. The first-order valence-corrected chi connectivity index (χ1v) is 9.41. The molecule has 0 fully saturated rings. The van der Waals surface area contributed by atoms with Crippen LogP contribution in [0, 0.1) is 0 Å². The summed E-state index contributed by atoms with van der Waals surface area (Å²) in [4.78, 5) is 39.4. The summed E-state index contributed by atoms with van der Waals surface area (Å²) >= 11 is 1.40. The van der Waals surface area contributed by atoms with Crippen LogP contribution in [0.3, 0.4) is 0 Å². The standard InChI is InChI=1S/C19H16N6O2S/c1-2-20-18(27)25-19-24-13-8-11(5-6-16(13)28-19)14-9-23-15(10-22-14)12-4-3-7-21-17(12)26/h3-10H,2H2,1H3,(H,21,26)(H2,20,24,25,27). The number of urea groups is 1. The summed E-state index contributed by atoms with van der Waals surface area (Å²) < 4.78 is 0.955. The number of anilines is 1. The van der Waals surface area contributed by atoms with Crippen LogP contribution in [0.25, 0.3) is 32.7 Å². The lowest BCUT2D eigenvalue weighted by Gasteiger charge is -2.03. The Hall–Kier alpha value is -3.59. The number of nitrogens with zero attached hydrogens (tertiary/aromatic N) is 3. The van der Waals surface area contributed by atoms with Crippen molar-refractivity contribution in [2.24, 2.45) is 0 Å². The predicted octanol–water partition coefficient (Wildman–Crippen LogP) is 3.25. The van der Waals surface area contributed by atoms with Gasteiger partial charge < -0.3 is 10.3 Å². The molecule has 3 aromatic heterocycles. The largest absolute Gasteiger partial charge is 0.338 e. The Kier molecular flexibility index (Phi) is 4.81. The molecule has 0 saturated carbocycles. The van der Waals surface area contributed by atoms with Gasteiger partial charge in [-0.3, -0.25) is 20.1 Å². The van der Waals surface area contributed by atoms with Crippen molar-refractivity contribution in [2.75, 3.05) is 11.9 Å². The number of hydrogen-bond donors (Lipinski definition) is 3. The highest BCUT2D eigenvalue weighted by Crippen LogP contribution is 2.29. The second kappa shape index (κ2) is 7.57.